The van der Waals surface area contributed by atoms with Crippen molar-refractivity contribution < 1.29 is 0 Å². The molecule has 0 aromatic heterocycles. The molecule has 0 aromatic rings. The van der Waals surface area contributed by atoms with Crippen molar-refractivity contribution in [1.82, 2.24) is 0 Å². The zero-order valence-corrected chi connectivity index (χ0v) is 8.45. The van der Waals surface area contributed by atoms with Gasteiger partial charge in [0, 0.05) is 0 Å². The van der Waals surface area contributed by atoms with Crippen LogP contribution in [-0.2, 0) is 0 Å². The fourth-order valence-corrected chi connectivity index (χ4v) is 3.64. The molecule has 0 fully saturated rings. The second-order valence-corrected chi connectivity index (χ2v) is 5.02. The fraction of sp³-hybridized carbons (Fsp3) is 0.714. The second kappa shape index (κ2) is 3.14. The Kier molecular flexibility index (Phi) is 2.69. The predicted octanol–water partition coefficient (Wildman–Crippen LogP) is 2.31. The molecule has 0 amide bonds. The van der Waals surface area contributed by atoms with Crippen molar-refractivity contribution in [2.45, 2.75) is 25.6 Å². The zero-order chi connectivity index (χ0) is 6.85. The summed E-state index contributed by atoms with van der Waals surface area (Å²) in [5, 5.41) is 0. The maximum absolute atomic E-state index is 4.42. The van der Waals surface area contributed by atoms with Gasteiger partial charge in [0.25, 0.3) is 0 Å². The van der Waals surface area contributed by atoms with E-state index in [2.05, 4.69) is 25.4 Å². The molecule has 0 saturated carbocycles. The van der Waals surface area contributed by atoms with Gasteiger partial charge < -0.3 is 0 Å². The molecule has 1 aliphatic rings. The van der Waals surface area contributed by atoms with Gasteiger partial charge in [0.2, 0.25) is 0 Å². The molecule has 0 aromatic carbocycles. The Hall–Kier alpha value is 0.609. The molecule has 1 atom stereocenters. The Balaban J connectivity index is 2.58. The van der Waals surface area contributed by atoms with Crippen LogP contribution in [-0.4, -0.2) is 15.0 Å². The second-order valence-electron chi connectivity index (χ2n) is 2.59. The number of rotatable bonds is 1. The third-order valence-electron chi connectivity index (χ3n) is 1.64. The van der Waals surface area contributed by atoms with E-state index >= 15 is 0 Å². The van der Waals surface area contributed by atoms with E-state index in [1.807, 2.05) is 0 Å². The van der Waals surface area contributed by atoms with E-state index in [0.717, 1.165) is 5.92 Å². The molecule has 0 radical (unpaired) electrons. The van der Waals surface area contributed by atoms with E-state index in [1.165, 1.54) is 17.7 Å². The molecular formula is C7H12SSe. The van der Waals surface area contributed by atoms with Gasteiger partial charge >= 0.3 is 68.5 Å². The molecule has 0 nitrogen and oxygen atoms in total. The van der Waals surface area contributed by atoms with Crippen molar-refractivity contribution in [3.63, 3.8) is 0 Å². The first-order chi connectivity index (χ1) is 4.24. The average molecular weight is 207 g/mol. The van der Waals surface area contributed by atoms with Crippen LogP contribution in [0, 0.1) is 5.92 Å². The van der Waals surface area contributed by atoms with Crippen molar-refractivity contribution in [2.75, 3.05) is 0 Å². The van der Waals surface area contributed by atoms with Crippen molar-refractivity contribution in [3.8, 4) is 0 Å². The summed E-state index contributed by atoms with van der Waals surface area (Å²) in [5.41, 5.74) is 0. The van der Waals surface area contributed by atoms with Crippen LogP contribution in [0.2, 0.25) is 5.82 Å². The molecule has 0 N–H and O–H groups in total. The first-order valence-electron chi connectivity index (χ1n) is 3.19. The average Bonchev–Trinajstić information content (AvgIpc) is 2.10. The minimum absolute atomic E-state index is 0.710. The van der Waals surface area contributed by atoms with Crippen LogP contribution in [0.4, 0.5) is 0 Å². The third-order valence-corrected chi connectivity index (χ3v) is 4.34. The Labute approximate surface area is 68.7 Å². The van der Waals surface area contributed by atoms with Crippen LogP contribution in [0.1, 0.15) is 19.8 Å². The Morgan fingerprint density at radius 2 is 2.22 bits per heavy atom. The number of thiol groups is 1. The van der Waals surface area contributed by atoms with Gasteiger partial charge in [-0.1, -0.05) is 0 Å². The maximum atomic E-state index is 4.42. The molecule has 0 heterocycles. The summed E-state index contributed by atoms with van der Waals surface area (Å²) in [4.78, 5) is 1.38. The Morgan fingerprint density at radius 1 is 1.56 bits per heavy atom. The molecule has 0 saturated heterocycles. The van der Waals surface area contributed by atoms with E-state index in [0.29, 0.717) is 15.0 Å². The van der Waals surface area contributed by atoms with Gasteiger partial charge in [0.15, 0.2) is 0 Å². The predicted molar refractivity (Wildman–Crippen MR) is 46.0 cm³/mol. The van der Waals surface area contributed by atoms with Gasteiger partial charge in [0.05, 0.1) is 0 Å². The van der Waals surface area contributed by atoms with Crippen molar-refractivity contribution in [2.24, 2.45) is 5.92 Å². The standard InChI is InChI=1S/C7H12SSe/c1-5-3-6(8)7(4-5)9-2/h5,8H,3-4H2,1-2H3. The Morgan fingerprint density at radius 3 is 2.44 bits per heavy atom. The number of hydrogen-bond acceptors (Lipinski definition) is 1. The Bertz CT molecular complexity index is 140. The van der Waals surface area contributed by atoms with Crippen molar-refractivity contribution >= 4 is 27.6 Å². The van der Waals surface area contributed by atoms with Crippen LogP contribution >= 0.6 is 12.6 Å². The molecule has 1 rings (SSSR count). The molecule has 1 unspecified atom stereocenters. The molecule has 2 heteroatoms. The number of allylic oxidation sites excluding steroid dienone is 2. The third kappa shape index (κ3) is 1.76. The zero-order valence-electron chi connectivity index (χ0n) is 5.85. The molecule has 1 aliphatic carbocycles. The summed E-state index contributed by atoms with van der Waals surface area (Å²) in [6.45, 7) is 2.30. The summed E-state index contributed by atoms with van der Waals surface area (Å²) < 4.78 is 1.64. The summed E-state index contributed by atoms with van der Waals surface area (Å²) in [6.07, 6.45) is 2.55. The molecular weight excluding hydrogens is 195 g/mol. The number of hydrogen-bond donors (Lipinski definition) is 1. The van der Waals surface area contributed by atoms with Gasteiger partial charge in [-0.25, -0.2) is 0 Å². The van der Waals surface area contributed by atoms with Crippen LogP contribution < -0.4 is 0 Å². The van der Waals surface area contributed by atoms with Crippen LogP contribution in [0.3, 0.4) is 0 Å². The van der Waals surface area contributed by atoms with E-state index in [1.54, 1.807) is 4.47 Å². The van der Waals surface area contributed by atoms with Gasteiger partial charge in [-0.15, -0.1) is 0 Å². The summed E-state index contributed by atoms with van der Waals surface area (Å²) in [7, 11) is 0. The van der Waals surface area contributed by atoms with Gasteiger partial charge in [0.1, 0.15) is 0 Å². The van der Waals surface area contributed by atoms with Crippen LogP contribution in [0.5, 0.6) is 0 Å². The SMILES string of the molecule is C[Se]C1=C(S)CC(C)C1. The fourth-order valence-electron chi connectivity index (χ4n) is 1.15. The van der Waals surface area contributed by atoms with Crippen molar-refractivity contribution in [1.29, 1.82) is 0 Å². The monoisotopic (exact) mass is 208 g/mol. The van der Waals surface area contributed by atoms with E-state index < -0.39 is 0 Å². The van der Waals surface area contributed by atoms with Crippen LogP contribution in [0.15, 0.2) is 9.38 Å². The molecule has 52 valence electrons. The van der Waals surface area contributed by atoms with Gasteiger partial charge in [-0.3, -0.25) is 0 Å². The first kappa shape index (κ1) is 7.71. The summed E-state index contributed by atoms with van der Waals surface area (Å²) >= 11 is 5.13. The summed E-state index contributed by atoms with van der Waals surface area (Å²) in [5.74, 6) is 3.14. The minimum atomic E-state index is 0.710. The first-order valence-corrected chi connectivity index (χ1v) is 6.20. The molecule has 0 aliphatic heterocycles. The molecule has 0 spiro atoms. The summed E-state index contributed by atoms with van der Waals surface area (Å²) in [6, 6.07) is 0. The van der Waals surface area contributed by atoms with E-state index in [-0.39, 0.29) is 0 Å². The van der Waals surface area contributed by atoms with E-state index in [4.69, 9.17) is 0 Å². The van der Waals surface area contributed by atoms with Gasteiger partial charge in [-0.05, 0) is 0 Å². The quantitative estimate of drug-likeness (QED) is 0.495. The molecule has 9 heavy (non-hydrogen) atoms. The molecule has 0 bridgehead atoms. The normalized spacial score (nSPS) is 27.7. The van der Waals surface area contributed by atoms with Crippen molar-refractivity contribution in [3.05, 3.63) is 9.38 Å². The van der Waals surface area contributed by atoms with Gasteiger partial charge in [-0.2, -0.15) is 0 Å². The topological polar surface area (TPSA) is 0 Å². The van der Waals surface area contributed by atoms with E-state index in [9.17, 15) is 0 Å². The van der Waals surface area contributed by atoms with Crippen LogP contribution in [0.25, 0.3) is 0 Å².